The molecule has 0 amide bonds. The van der Waals surface area contributed by atoms with Crippen molar-refractivity contribution in [1.29, 1.82) is 0 Å². The number of hydrogen-bond acceptors (Lipinski definition) is 1. The summed E-state index contributed by atoms with van der Waals surface area (Å²) in [5, 5.41) is 7.69. The molecule has 0 bridgehead atoms. The van der Waals surface area contributed by atoms with E-state index in [1.165, 1.54) is 0 Å². The molecule has 0 radical (unpaired) electrons. The Morgan fingerprint density at radius 1 is 0.383 bits per heavy atom. The SMILES string of the molecule is [2H]c1c([2H])c([2H])c2c(-c3c4ccccc4c(-c4ccc(-c5cccc6oc7c8ccccc8ccc7c56)cc4)c4ccccc34)c([2H])c([2H])c([2H])c2c1[2H]. The fourth-order valence-corrected chi connectivity index (χ4v) is 7.32. The number of benzene rings is 9. The summed E-state index contributed by atoms with van der Waals surface area (Å²) in [6.45, 7) is 0. The van der Waals surface area contributed by atoms with Crippen molar-refractivity contribution in [3.63, 3.8) is 0 Å². The number of hydrogen-bond donors (Lipinski definition) is 0. The van der Waals surface area contributed by atoms with Crippen LogP contribution in [0.15, 0.2) is 174 Å². The largest absolute Gasteiger partial charge is 0.455 e. The number of fused-ring (bicyclic) bond motifs is 8. The molecule has 1 aromatic heterocycles. The molecule has 0 unspecified atom stereocenters. The highest BCUT2D eigenvalue weighted by molar-refractivity contribution is 6.24. The van der Waals surface area contributed by atoms with Crippen molar-refractivity contribution in [3.8, 4) is 33.4 Å². The van der Waals surface area contributed by atoms with Gasteiger partial charge in [0.25, 0.3) is 0 Å². The molecule has 1 heteroatoms. The zero-order chi connectivity index (χ0) is 37.0. The van der Waals surface area contributed by atoms with Crippen LogP contribution in [-0.4, -0.2) is 0 Å². The van der Waals surface area contributed by atoms with Crippen molar-refractivity contribution in [2.24, 2.45) is 0 Å². The van der Waals surface area contributed by atoms with Gasteiger partial charge in [-0.3, -0.25) is 0 Å². The Morgan fingerprint density at radius 3 is 1.79 bits per heavy atom. The molecule has 218 valence electrons. The molecule has 10 rings (SSSR count). The highest BCUT2D eigenvalue weighted by atomic mass is 16.3. The van der Waals surface area contributed by atoms with Crippen molar-refractivity contribution < 1.29 is 14.0 Å². The van der Waals surface area contributed by atoms with Gasteiger partial charge in [-0.1, -0.05) is 158 Å². The number of rotatable bonds is 3. The quantitative estimate of drug-likeness (QED) is 0.183. The van der Waals surface area contributed by atoms with E-state index < -0.39 is 12.1 Å². The third-order valence-corrected chi connectivity index (χ3v) is 9.37. The second-order valence-electron chi connectivity index (χ2n) is 11.9. The third-order valence-electron chi connectivity index (χ3n) is 9.37. The molecular formula is C46H28O. The summed E-state index contributed by atoms with van der Waals surface area (Å²) in [7, 11) is 0. The molecule has 0 fully saturated rings. The molecule has 47 heavy (non-hydrogen) atoms. The van der Waals surface area contributed by atoms with Gasteiger partial charge in [-0.2, -0.15) is 0 Å². The fraction of sp³-hybridized carbons (Fsp3) is 0. The minimum absolute atomic E-state index is 0.0570. The van der Waals surface area contributed by atoms with Crippen LogP contribution in [0.5, 0.6) is 0 Å². The third kappa shape index (κ3) is 3.90. The Bertz CT molecular complexity index is 3170. The first-order valence-corrected chi connectivity index (χ1v) is 15.6. The first kappa shape index (κ1) is 20.0. The highest BCUT2D eigenvalue weighted by Crippen LogP contribution is 2.46. The highest BCUT2D eigenvalue weighted by Gasteiger charge is 2.19. The molecule has 0 atom stereocenters. The van der Waals surface area contributed by atoms with Gasteiger partial charge in [-0.15, -0.1) is 0 Å². The van der Waals surface area contributed by atoms with E-state index in [-0.39, 0.29) is 46.5 Å². The van der Waals surface area contributed by atoms with Crippen LogP contribution in [-0.2, 0) is 0 Å². The average molecular weight is 604 g/mol. The van der Waals surface area contributed by atoms with E-state index in [9.17, 15) is 1.37 Å². The topological polar surface area (TPSA) is 13.1 Å². The molecule has 0 N–H and O–H groups in total. The second kappa shape index (κ2) is 10.2. The molecule has 0 aliphatic carbocycles. The summed E-state index contributed by atoms with van der Waals surface area (Å²) in [5.74, 6) is 0. The van der Waals surface area contributed by atoms with Gasteiger partial charge < -0.3 is 4.42 Å². The lowest BCUT2D eigenvalue weighted by Gasteiger charge is -2.19. The van der Waals surface area contributed by atoms with E-state index in [4.69, 9.17) is 12.6 Å². The van der Waals surface area contributed by atoms with E-state index in [1.54, 1.807) is 0 Å². The van der Waals surface area contributed by atoms with Crippen LogP contribution in [0.2, 0.25) is 0 Å². The van der Waals surface area contributed by atoms with E-state index in [1.807, 2.05) is 72.8 Å². The van der Waals surface area contributed by atoms with Crippen molar-refractivity contribution in [2.45, 2.75) is 0 Å². The van der Waals surface area contributed by atoms with E-state index >= 15 is 0 Å². The van der Waals surface area contributed by atoms with Crippen LogP contribution < -0.4 is 0 Å². The predicted molar refractivity (Wildman–Crippen MR) is 200 cm³/mol. The maximum absolute atomic E-state index is 9.19. The molecule has 9 aromatic carbocycles. The van der Waals surface area contributed by atoms with Crippen LogP contribution >= 0.6 is 0 Å². The molecule has 0 aliphatic rings. The zero-order valence-corrected chi connectivity index (χ0v) is 25.0. The van der Waals surface area contributed by atoms with Crippen molar-refractivity contribution in [2.75, 3.05) is 0 Å². The molecule has 0 aliphatic heterocycles. The van der Waals surface area contributed by atoms with Gasteiger partial charge in [-0.25, -0.2) is 0 Å². The van der Waals surface area contributed by atoms with Gasteiger partial charge in [0.15, 0.2) is 0 Å². The van der Waals surface area contributed by atoms with E-state index in [2.05, 4.69) is 54.6 Å². The Hall–Kier alpha value is -6.18. The van der Waals surface area contributed by atoms with Gasteiger partial charge in [0.05, 0.1) is 9.60 Å². The standard InChI is InChI=1S/C46H28O/c1-3-14-33-29(11-1)13-9-21-36(33)44-39-18-7-5-16-37(39)43(38-17-6-8-19-40(38)44)32-25-23-31(24-26-32)34-20-10-22-42-45(34)41-28-27-30-12-2-4-15-35(30)46(41)47-42/h1-28H/i1D,3D,9D,11D,13D,14D,21D. The summed E-state index contributed by atoms with van der Waals surface area (Å²) in [6, 6.07) is 40.3. The molecule has 0 saturated heterocycles. The minimum atomic E-state index is -0.469. The Kier molecular flexibility index (Phi) is 4.34. The van der Waals surface area contributed by atoms with Crippen LogP contribution in [0.1, 0.15) is 9.60 Å². The molecule has 1 nitrogen and oxygen atoms in total. The van der Waals surface area contributed by atoms with Gasteiger partial charge in [-0.05, 0) is 83.2 Å². The summed E-state index contributed by atoms with van der Waals surface area (Å²) in [4.78, 5) is 0. The first-order valence-electron chi connectivity index (χ1n) is 19.1. The van der Waals surface area contributed by atoms with E-state index in [0.717, 1.165) is 76.5 Å². The molecule has 0 saturated carbocycles. The van der Waals surface area contributed by atoms with Crippen molar-refractivity contribution in [1.82, 2.24) is 0 Å². The lowest BCUT2D eigenvalue weighted by molar-refractivity contribution is 0.673. The van der Waals surface area contributed by atoms with Gasteiger partial charge in [0.1, 0.15) is 11.2 Å². The van der Waals surface area contributed by atoms with Gasteiger partial charge in [0, 0.05) is 16.2 Å². The average Bonchev–Trinajstić information content (AvgIpc) is 3.60. The maximum Gasteiger partial charge on any atom is 0.143 e. The Labute approximate surface area is 281 Å². The maximum atomic E-state index is 9.19. The summed E-state index contributed by atoms with van der Waals surface area (Å²) >= 11 is 0. The van der Waals surface area contributed by atoms with Crippen LogP contribution in [0.4, 0.5) is 0 Å². The summed E-state index contributed by atoms with van der Waals surface area (Å²) in [5.41, 5.74) is 6.60. The lowest BCUT2D eigenvalue weighted by atomic mass is 9.84. The number of furan rings is 1. The predicted octanol–water partition coefficient (Wildman–Crippen LogP) is 13.2. The molecule has 1 heterocycles. The zero-order valence-electron chi connectivity index (χ0n) is 32.0. The van der Waals surface area contributed by atoms with Crippen molar-refractivity contribution >= 4 is 65.0 Å². The van der Waals surface area contributed by atoms with E-state index in [0.29, 0.717) is 5.56 Å². The summed E-state index contributed by atoms with van der Waals surface area (Å²) < 4.78 is 67.6. The Balaban J connectivity index is 1.22. The molecule has 10 aromatic rings. The van der Waals surface area contributed by atoms with Crippen LogP contribution in [0.3, 0.4) is 0 Å². The lowest BCUT2D eigenvalue weighted by Crippen LogP contribution is -1.91. The monoisotopic (exact) mass is 603 g/mol. The Morgan fingerprint density at radius 2 is 1.02 bits per heavy atom. The first-order chi connectivity index (χ1) is 26.2. The molecule has 0 spiro atoms. The minimum Gasteiger partial charge on any atom is -0.455 e. The normalized spacial score (nSPS) is 13.9. The van der Waals surface area contributed by atoms with Crippen LogP contribution in [0.25, 0.3) is 98.4 Å². The second-order valence-corrected chi connectivity index (χ2v) is 11.9. The van der Waals surface area contributed by atoms with Gasteiger partial charge in [0.2, 0.25) is 0 Å². The van der Waals surface area contributed by atoms with Gasteiger partial charge >= 0.3 is 0 Å². The summed E-state index contributed by atoms with van der Waals surface area (Å²) in [6.07, 6.45) is 0. The molecular weight excluding hydrogens is 569 g/mol. The van der Waals surface area contributed by atoms with Crippen molar-refractivity contribution in [3.05, 3.63) is 170 Å². The fourth-order valence-electron chi connectivity index (χ4n) is 7.32. The van der Waals surface area contributed by atoms with Crippen LogP contribution in [0, 0.1) is 0 Å². The smallest absolute Gasteiger partial charge is 0.143 e.